The number of anilines is 2. The molecule has 1 atom stereocenters. The van der Waals surface area contributed by atoms with E-state index < -0.39 is 0 Å². The summed E-state index contributed by atoms with van der Waals surface area (Å²) in [7, 11) is 1.69. The van der Waals surface area contributed by atoms with Gasteiger partial charge in [-0.05, 0) is 31.9 Å². The van der Waals surface area contributed by atoms with Crippen LogP contribution in [0.1, 0.15) is 19.8 Å². The fourth-order valence-corrected chi connectivity index (χ4v) is 2.70. The number of nitrogens with zero attached hydrogens (tertiary/aromatic N) is 1. The lowest BCUT2D eigenvalue weighted by Gasteiger charge is -2.34. The maximum atomic E-state index is 11.8. The zero-order chi connectivity index (χ0) is 14.5. The second kappa shape index (κ2) is 6.50. The van der Waals surface area contributed by atoms with Crippen molar-refractivity contribution in [3.8, 4) is 5.75 Å². The van der Waals surface area contributed by atoms with Gasteiger partial charge in [-0.1, -0.05) is 6.07 Å². The molecule has 0 saturated carbocycles. The Labute approximate surface area is 120 Å². The fraction of sp³-hybridized carbons (Fsp3) is 0.533. The van der Waals surface area contributed by atoms with Crippen molar-refractivity contribution in [3.05, 3.63) is 18.2 Å². The van der Waals surface area contributed by atoms with E-state index in [1.807, 2.05) is 25.1 Å². The number of hydrogen-bond acceptors (Lipinski definition) is 4. The molecule has 1 amide bonds. The van der Waals surface area contributed by atoms with E-state index >= 15 is 0 Å². The molecule has 1 aromatic carbocycles. The van der Waals surface area contributed by atoms with Gasteiger partial charge in [-0.2, -0.15) is 0 Å². The van der Waals surface area contributed by atoms with Gasteiger partial charge in [0.25, 0.3) is 0 Å². The topological polar surface area (TPSA) is 67.6 Å². The highest BCUT2D eigenvalue weighted by Gasteiger charge is 2.26. The van der Waals surface area contributed by atoms with E-state index in [-0.39, 0.29) is 11.8 Å². The molecule has 20 heavy (non-hydrogen) atoms. The zero-order valence-corrected chi connectivity index (χ0v) is 12.2. The number of nitrogen functional groups attached to an aromatic ring is 1. The zero-order valence-electron chi connectivity index (χ0n) is 12.2. The Morgan fingerprint density at radius 3 is 3.05 bits per heavy atom. The summed E-state index contributed by atoms with van der Waals surface area (Å²) in [5.74, 6) is 0.852. The summed E-state index contributed by atoms with van der Waals surface area (Å²) < 4.78 is 5.53. The van der Waals surface area contributed by atoms with Crippen molar-refractivity contribution in [1.82, 2.24) is 5.32 Å². The maximum absolute atomic E-state index is 11.8. The molecule has 0 aliphatic carbocycles. The summed E-state index contributed by atoms with van der Waals surface area (Å²) in [5, 5.41) is 2.73. The van der Waals surface area contributed by atoms with E-state index in [1.54, 1.807) is 7.05 Å². The molecule has 0 radical (unpaired) electrons. The van der Waals surface area contributed by atoms with Crippen molar-refractivity contribution < 1.29 is 9.53 Å². The van der Waals surface area contributed by atoms with E-state index in [1.165, 1.54) is 0 Å². The van der Waals surface area contributed by atoms with Crippen LogP contribution < -0.4 is 20.7 Å². The van der Waals surface area contributed by atoms with Crippen LogP contribution in [0, 0.1) is 5.92 Å². The van der Waals surface area contributed by atoms with Crippen molar-refractivity contribution in [1.29, 1.82) is 0 Å². The highest BCUT2D eigenvalue weighted by atomic mass is 16.5. The summed E-state index contributed by atoms with van der Waals surface area (Å²) in [5.41, 5.74) is 7.81. The number of nitrogens with two attached hydrogens (primary N) is 1. The van der Waals surface area contributed by atoms with Gasteiger partial charge in [-0.15, -0.1) is 0 Å². The first-order chi connectivity index (χ1) is 9.67. The fourth-order valence-electron chi connectivity index (χ4n) is 2.70. The molecule has 2 rings (SSSR count). The van der Waals surface area contributed by atoms with Gasteiger partial charge in [0, 0.05) is 20.1 Å². The number of nitrogens with one attached hydrogen (secondary N) is 1. The van der Waals surface area contributed by atoms with Crippen LogP contribution in [-0.4, -0.2) is 32.7 Å². The molecular weight excluding hydrogens is 254 g/mol. The van der Waals surface area contributed by atoms with Crippen LogP contribution in [0.3, 0.4) is 0 Å². The Balaban J connectivity index is 2.18. The van der Waals surface area contributed by atoms with Gasteiger partial charge < -0.3 is 20.7 Å². The SMILES string of the molecule is CCOc1cccc(N2CCCC(C(=O)NC)C2)c1N. The summed E-state index contributed by atoms with van der Waals surface area (Å²) in [4.78, 5) is 14.0. The Bertz CT molecular complexity index is 476. The first-order valence-corrected chi connectivity index (χ1v) is 7.15. The monoisotopic (exact) mass is 277 g/mol. The molecule has 1 fully saturated rings. The van der Waals surface area contributed by atoms with Crippen LogP contribution in [0.4, 0.5) is 11.4 Å². The quantitative estimate of drug-likeness (QED) is 0.821. The molecule has 0 spiro atoms. The number of benzene rings is 1. The molecule has 1 aliphatic rings. The number of para-hydroxylation sites is 1. The van der Waals surface area contributed by atoms with E-state index in [0.717, 1.165) is 25.1 Å². The highest BCUT2D eigenvalue weighted by molar-refractivity contribution is 5.80. The van der Waals surface area contributed by atoms with Gasteiger partial charge >= 0.3 is 0 Å². The first kappa shape index (κ1) is 14.5. The van der Waals surface area contributed by atoms with Gasteiger partial charge in [0.2, 0.25) is 5.91 Å². The van der Waals surface area contributed by atoms with E-state index in [0.29, 0.717) is 24.6 Å². The molecular formula is C15H23N3O2. The maximum Gasteiger partial charge on any atom is 0.224 e. The number of piperidine rings is 1. The van der Waals surface area contributed by atoms with Gasteiger partial charge in [-0.3, -0.25) is 4.79 Å². The molecule has 5 heteroatoms. The Kier molecular flexibility index (Phi) is 4.71. The molecule has 1 heterocycles. The average molecular weight is 277 g/mol. The largest absolute Gasteiger partial charge is 0.492 e. The van der Waals surface area contributed by atoms with Gasteiger partial charge in [0.15, 0.2) is 0 Å². The first-order valence-electron chi connectivity index (χ1n) is 7.15. The number of carbonyl (C=O) groups excluding carboxylic acids is 1. The standard InChI is InChI=1S/C15H23N3O2/c1-3-20-13-8-4-7-12(14(13)16)18-9-5-6-11(10-18)15(19)17-2/h4,7-8,11H,3,5-6,9-10,16H2,1-2H3,(H,17,19). The molecule has 1 aromatic rings. The third-order valence-electron chi connectivity index (χ3n) is 3.72. The molecule has 0 bridgehead atoms. The Hall–Kier alpha value is -1.91. The lowest BCUT2D eigenvalue weighted by molar-refractivity contribution is -0.124. The van der Waals surface area contributed by atoms with E-state index in [9.17, 15) is 4.79 Å². The minimum atomic E-state index is 0.0314. The minimum Gasteiger partial charge on any atom is -0.492 e. The lowest BCUT2D eigenvalue weighted by atomic mass is 9.96. The number of carbonyl (C=O) groups is 1. The number of rotatable bonds is 4. The highest BCUT2D eigenvalue weighted by Crippen LogP contribution is 2.34. The molecule has 5 nitrogen and oxygen atoms in total. The molecule has 1 saturated heterocycles. The average Bonchev–Trinajstić information content (AvgIpc) is 2.49. The van der Waals surface area contributed by atoms with Crippen LogP contribution in [0.5, 0.6) is 5.75 Å². The van der Waals surface area contributed by atoms with E-state index in [2.05, 4.69) is 10.2 Å². The lowest BCUT2D eigenvalue weighted by Crippen LogP contribution is -2.42. The smallest absolute Gasteiger partial charge is 0.224 e. The third-order valence-corrected chi connectivity index (χ3v) is 3.72. The third kappa shape index (κ3) is 2.98. The normalized spacial score (nSPS) is 18.7. The predicted octanol–water partition coefficient (Wildman–Crippen LogP) is 1.63. The summed E-state index contributed by atoms with van der Waals surface area (Å²) in [6.07, 6.45) is 1.93. The van der Waals surface area contributed by atoms with Gasteiger partial charge in [0.1, 0.15) is 5.75 Å². The van der Waals surface area contributed by atoms with E-state index in [4.69, 9.17) is 10.5 Å². The summed E-state index contributed by atoms with van der Waals surface area (Å²) in [6, 6.07) is 5.81. The molecule has 1 unspecified atom stereocenters. The van der Waals surface area contributed by atoms with Gasteiger partial charge in [-0.25, -0.2) is 0 Å². The van der Waals surface area contributed by atoms with Crippen LogP contribution >= 0.6 is 0 Å². The van der Waals surface area contributed by atoms with Crippen LogP contribution in [0.15, 0.2) is 18.2 Å². The molecule has 1 aliphatic heterocycles. The van der Waals surface area contributed by atoms with Crippen molar-refractivity contribution >= 4 is 17.3 Å². The predicted molar refractivity (Wildman–Crippen MR) is 81.0 cm³/mol. The van der Waals surface area contributed by atoms with Crippen LogP contribution in [0.25, 0.3) is 0 Å². The van der Waals surface area contributed by atoms with Crippen molar-refractivity contribution in [2.75, 3.05) is 37.4 Å². The summed E-state index contributed by atoms with van der Waals surface area (Å²) in [6.45, 7) is 4.16. The number of hydrogen-bond donors (Lipinski definition) is 2. The van der Waals surface area contributed by atoms with Crippen molar-refractivity contribution in [2.24, 2.45) is 5.92 Å². The van der Waals surface area contributed by atoms with Crippen LogP contribution in [-0.2, 0) is 4.79 Å². The second-order valence-corrected chi connectivity index (χ2v) is 5.02. The van der Waals surface area contributed by atoms with Crippen molar-refractivity contribution in [2.45, 2.75) is 19.8 Å². The summed E-state index contributed by atoms with van der Waals surface area (Å²) >= 11 is 0. The Morgan fingerprint density at radius 2 is 2.35 bits per heavy atom. The Morgan fingerprint density at radius 1 is 1.55 bits per heavy atom. The van der Waals surface area contributed by atoms with Crippen molar-refractivity contribution in [3.63, 3.8) is 0 Å². The number of amides is 1. The molecule has 3 N–H and O–H groups in total. The van der Waals surface area contributed by atoms with Crippen LogP contribution in [0.2, 0.25) is 0 Å². The molecule has 110 valence electrons. The minimum absolute atomic E-state index is 0.0314. The second-order valence-electron chi connectivity index (χ2n) is 5.02. The molecule has 0 aromatic heterocycles. The van der Waals surface area contributed by atoms with Gasteiger partial charge in [0.05, 0.1) is 23.9 Å². The number of ether oxygens (including phenoxy) is 1.